The third-order valence-electron chi connectivity index (χ3n) is 3.97. The van der Waals surface area contributed by atoms with Gasteiger partial charge in [0, 0.05) is 0 Å². The number of para-hydroxylation sites is 1. The minimum absolute atomic E-state index is 0. The van der Waals surface area contributed by atoms with Crippen LogP contribution in [0.2, 0.25) is 0 Å². The summed E-state index contributed by atoms with van der Waals surface area (Å²) in [6.07, 6.45) is 5.30. The van der Waals surface area contributed by atoms with E-state index in [0.717, 1.165) is 5.75 Å². The van der Waals surface area contributed by atoms with Crippen LogP contribution in [0.4, 0.5) is 0 Å². The average molecular weight is 252 g/mol. The van der Waals surface area contributed by atoms with Crippen LogP contribution in [0.5, 0.6) is 5.75 Å². The van der Waals surface area contributed by atoms with Crippen molar-refractivity contribution in [2.75, 3.05) is 7.11 Å². The van der Waals surface area contributed by atoms with Gasteiger partial charge in [0.1, 0.15) is 5.75 Å². The zero-order valence-electron chi connectivity index (χ0n) is 13.1. The Bertz CT molecular complexity index is 388. The smallest absolute Gasteiger partial charge is 0.497 e. The maximum Gasteiger partial charge on any atom is 1.00 e. The molecule has 0 aromatic heterocycles. The Morgan fingerprint density at radius 3 is 2.21 bits per heavy atom. The number of hydrogen-bond donors (Lipinski definition) is 0. The standard InChI is InChI=1S/C17H25O.Li/c1-17(2,3)16(13-9-5-6-10-13)14-11-7-8-12-15(14)18-4;/h7-8,11-12,16H,5-6,9-10H2,1-4H3;/q-1;+1. The molecule has 0 aliphatic heterocycles. The molecule has 1 fully saturated rings. The van der Waals surface area contributed by atoms with Crippen LogP contribution in [0.25, 0.3) is 0 Å². The normalized spacial score (nSPS) is 17.9. The third-order valence-corrected chi connectivity index (χ3v) is 3.97. The molecule has 1 aromatic carbocycles. The summed E-state index contributed by atoms with van der Waals surface area (Å²) in [5, 5.41) is 0. The molecule has 1 aliphatic carbocycles. The maximum atomic E-state index is 5.57. The van der Waals surface area contributed by atoms with E-state index in [-0.39, 0.29) is 24.3 Å². The van der Waals surface area contributed by atoms with Gasteiger partial charge in [0.05, 0.1) is 7.11 Å². The zero-order chi connectivity index (χ0) is 13.2. The van der Waals surface area contributed by atoms with Gasteiger partial charge >= 0.3 is 18.9 Å². The van der Waals surface area contributed by atoms with E-state index in [1.807, 2.05) is 0 Å². The van der Waals surface area contributed by atoms with E-state index < -0.39 is 0 Å². The summed E-state index contributed by atoms with van der Waals surface area (Å²) in [5.41, 5.74) is 1.62. The van der Waals surface area contributed by atoms with Crippen molar-refractivity contribution < 1.29 is 23.6 Å². The van der Waals surface area contributed by atoms with Crippen molar-refractivity contribution >= 4 is 0 Å². The van der Waals surface area contributed by atoms with Crippen molar-refractivity contribution in [1.29, 1.82) is 0 Å². The van der Waals surface area contributed by atoms with E-state index in [1.54, 1.807) is 13.0 Å². The quantitative estimate of drug-likeness (QED) is 0.590. The average Bonchev–Trinajstić information content (AvgIpc) is 2.81. The summed E-state index contributed by atoms with van der Waals surface area (Å²) in [4.78, 5) is 0. The van der Waals surface area contributed by atoms with E-state index >= 15 is 0 Å². The first-order valence-corrected chi connectivity index (χ1v) is 7.01. The number of methoxy groups -OCH3 is 1. The van der Waals surface area contributed by atoms with Crippen molar-refractivity contribution in [3.8, 4) is 5.75 Å². The molecule has 0 saturated heterocycles. The predicted molar refractivity (Wildman–Crippen MR) is 76.9 cm³/mol. The molecule has 1 atom stereocenters. The third kappa shape index (κ3) is 3.80. The van der Waals surface area contributed by atoms with Crippen LogP contribution in [0.15, 0.2) is 24.3 Å². The minimum Gasteiger partial charge on any atom is -0.497 e. The predicted octanol–water partition coefficient (Wildman–Crippen LogP) is 1.98. The Hall–Kier alpha value is -0.383. The van der Waals surface area contributed by atoms with Gasteiger partial charge in [-0.15, -0.1) is 5.92 Å². The monoisotopic (exact) mass is 252 g/mol. The van der Waals surface area contributed by atoms with E-state index in [2.05, 4.69) is 45.0 Å². The molecule has 2 rings (SSSR count). The van der Waals surface area contributed by atoms with Crippen LogP contribution in [0.3, 0.4) is 0 Å². The van der Waals surface area contributed by atoms with Gasteiger partial charge < -0.3 is 10.7 Å². The molecular formula is C17H25LiO. The van der Waals surface area contributed by atoms with Crippen molar-refractivity contribution in [3.05, 3.63) is 35.7 Å². The molecule has 1 unspecified atom stereocenters. The maximum absolute atomic E-state index is 5.57. The molecular weight excluding hydrogens is 227 g/mol. The molecule has 19 heavy (non-hydrogen) atoms. The van der Waals surface area contributed by atoms with Gasteiger partial charge in [-0.1, -0.05) is 57.2 Å². The second-order valence-corrected chi connectivity index (χ2v) is 6.41. The van der Waals surface area contributed by atoms with Gasteiger partial charge in [0.25, 0.3) is 0 Å². The molecule has 1 aliphatic rings. The molecule has 1 saturated carbocycles. The summed E-state index contributed by atoms with van der Waals surface area (Å²) in [6, 6.07) is 8.51. The van der Waals surface area contributed by atoms with Gasteiger partial charge in [0.15, 0.2) is 0 Å². The van der Waals surface area contributed by atoms with E-state index in [0.29, 0.717) is 5.92 Å². The van der Waals surface area contributed by atoms with Gasteiger partial charge in [-0.05, 0) is 11.6 Å². The van der Waals surface area contributed by atoms with Crippen LogP contribution in [0, 0.1) is 11.3 Å². The molecule has 0 spiro atoms. The first-order valence-electron chi connectivity index (χ1n) is 7.01. The Morgan fingerprint density at radius 2 is 1.68 bits per heavy atom. The van der Waals surface area contributed by atoms with Crippen molar-refractivity contribution in [2.24, 2.45) is 5.41 Å². The Morgan fingerprint density at radius 1 is 1.11 bits per heavy atom. The Labute approximate surface area is 130 Å². The van der Waals surface area contributed by atoms with Crippen LogP contribution in [-0.4, -0.2) is 7.11 Å². The Balaban J connectivity index is 0.00000180. The second-order valence-electron chi connectivity index (χ2n) is 6.41. The number of hydrogen-bond acceptors (Lipinski definition) is 1. The van der Waals surface area contributed by atoms with E-state index in [9.17, 15) is 0 Å². The molecule has 0 amide bonds. The fourth-order valence-corrected chi connectivity index (χ4v) is 3.32. The molecule has 100 valence electrons. The van der Waals surface area contributed by atoms with Crippen LogP contribution in [0.1, 0.15) is 57.9 Å². The molecule has 0 N–H and O–H groups in total. The van der Waals surface area contributed by atoms with Crippen LogP contribution in [-0.2, 0) is 0 Å². The van der Waals surface area contributed by atoms with Crippen molar-refractivity contribution in [3.63, 3.8) is 0 Å². The number of benzene rings is 1. The summed E-state index contributed by atoms with van der Waals surface area (Å²) in [7, 11) is 1.78. The zero-order valence-corrected chi connectivity index (χ0v) is 13.1. The molecule has 0 bridgehead atoms. The van der Waals surface area contributed by atoms with Crippen molar-refractivity contribution in [2.45, 2.75) is 52.4 Å². The molecule has 1 aromatic rings. The first-order chi connectivity index (χ1) is 8.54. The van der Waals surface area contributed by atoms with Crippen molar-refractivity contribution in [1.82, 2.24) is 0 Å². The fraction of sp³-hybridized carbons (Fsp3) is 0.588. The van der Waals surface area contributed by atoms with Gasteiger partial charge in [-0.3, -0.25) is 0 Å². The first kappa shape index (κ1) is 16.7. The Kier molecular flexibility index (Phi) is 6.02. The fourth-order valence-electron chi connectivity index (χ4n) is 3.32. The number of rotatable bonds is 3. The molecule has 0 heterocycles. The summed E-state index contributed by atoms with van der Waals surface area (Å²) in [5.74, 6) is 3.28. The van der Waals surface area contributed by atoms with Gasteiger partial charge in [-0.25, -0.2) is 0 Å². The van der Waals surface area contributed by atoms with E-state index in [4.69, 9.17) is 4.74 Å². The summed E-state index contributed by atoms with van der Waals surface area (Å²) >= 11 is 0. The van der Waals surface area contributed by atoms with Crippen LogP contribution >= 0.6 is 0 Å². The molecule has 2 heteroatoms. The van der Waals surface area contributed by atoms with E-state index in [1.165, 1.54) is 31.2 Å². The van der Waals surface area contributed by atoms with Gasteiger partial charge in [0.2, 0.25) is 0 Å². The summed E-state index contributed by atoms with van der Waals surface area (Å²) in [6.45, 7) is 7.03. The van der Waals surface area contributed by atoms with Gasteiger partial charge in [-0.2, -0.15) is 12.8 Å². The summed E-state index contributed by atoms with van der Waals surface area (Å²) < 4.78 is 5.57. The molecule has 0 radical (unpaired) electrons. The van der Waals surface area contributed by atoms with Crippen LogP contribution < -0.4 is 23.6 Å². The largest absolute Gasteiger partial charge is 1.00 e. The second kappa shape index (κ2) is 6.87. The minimum atomic E-state index is 0. The molecule has 1 nitrogen and oxygen atoms in total. The topological polar surface area (TPSA) is 9.23 Å². The number of ether oxygens (including phenoxy) is 1. The SMILES string of the molecule is COc1ccccc1C([C-]1CCCC1)C(C)(C)C.[Li+].